The molecule has 0 spiro atoms. The summed E-state index contributed by atoms with van der Waals surface area (Å²) in [5, 5.41) is 10.7. The first-order valence-corrected chi connectivity index (χ1v) is 7.27. The highest BCUT2D eigenvalue weighted by Gasteiger charge is 2.37. The lowest BCUT2D eigenvalue weighted by Crippen LogP contribution is -2.32. The Hall–Kier alpha value is -0.890. The van der Waals surface area contributed by atoms with E-state index in [4.69, 9.17) is 0 Å². The van der Waals surface area contributed by atoms with E-state index in [2.05, 4.69) is 13.8 Å². The molecule has 106 valence electrons. The van der Waals surface area contributed by atoms with E-state index in [-0.39, 0.29) is 17.2 Å². The normalized spacial score (nSPS) is 24.2. The highest BCUT2D eigenvalue weighted by Crippen LogP contribution is 2.46. The lowest BCUT2D eigenvalue weighted by molar-refractivity contribution is 0.00376. The summed E-state index contributed by atoms with van der Waals surface area (Å²) in [4.78, 5) is 0. The number of halogens is 1. The van der Waals surface area contributed by atoms with Gasteiger partial charge in [-0.05, 0) is 54.7 Å². The molecule has 1 fully saturated rings. The van der Waals surface area contributed by atoms with Crippen molar-refractivity contribution in [3.63, 3.8) is 0 Å². The van der Waals surface area contributed by atoms with E-state index in [0.717, 1.165) is 18.4 Å². The van der Waals surface area contributed by atoms with Crippen LogP contribution < -0.4 is 0 Å². The second kappa shape index (κ2) is 5.24. The Labute approximate surface area is 115 Å². The molecule has 2 heteroatoms. The molecule has 0 heterocycles. The molecule has 0 aromatic heterocycles. The second-order valence-corrected chi connectivity index (χ2v) is 6.75. The molecule has 2 unspecified atom stereocenters. The molecule has 1 saturated carbocycles. The molecule has 0 aliphatic heterocycles. The van der Waals surface area contributed by atoms with Crippen LogP contribution in [-0.2, 0) is 0 Å². The minimum Gasteiger partial charge on any atom is -0.388 e. The van der Waals surface area contributed by atoms with Crippen LogP contribution in [0.3, 0.4) is 0 Å². The first-order chi connectivity index (χ1) is 8.83. The van der Waals surface area contributed by atoms with Gasteiger partial charge in [-0.3, -0.25) is 0 Å². The van der Waals surface area contributed by atoms with Crippen molar-refractivity contribution < 1.29 is 9.50 Å². The summed E-state index contributed by atoms with van der Waals surface area (Å²) >= 11 is 0. The summed E-state index contributed by atoms with van der Waals surface area (Å²) in [5.41, 5.74) is 2.29. The molecule has 1 aromatic carbocycles. The minimum atomic E-state index is -0.478. The Morgan fingerprint density at radius 2 is 1.79 bits per heavy atom. The third-order valence-corrected chi connectivity index (χ3v) is 4.77. The third kappa shape index (κ3) is 2.84. The van der Waals surface area contributed by atoms with Crippen LogP contribution in [0.5, 0.6) is 0 Å². The van der Waals surface area contributed by atoms with Gasteiger partial charge in [0.05, 0.1) is 6.10 Å². The molecule has 1 aliphatic rings. The predicted molar refractivity (Wildman–Crippen MR) is 76.6 cm³/mol. The first-order valence-electron chi connectivity index (χ1n) is 7.27. The van der Waals surface area contributed by atoms with E-state index < -0.39 is 6.10 Å². The Bertz CT molecular complexity index is 441. The highest BCUT2D eigenvalue weighted by molar-refractivity contribution is 5.32. The summed E-state index contributed by atoms with van der Waals surface area (Å²) in [6.45, 7) is 8.02. The summed E-state index contributed by atoms with van der Waals surface area (Å²) in [6, 6.07) is 3.61. The van der Waals surface area contributed by atoms with E-state index >= 15 is 0 Å². The first kappa shape index (κ1) is 14.5. The topological polar surface area (TPSA) is 20.2 Å². The van der Waals surface area contributed by atoms with Gasteiger partial charge in [0.15, 0.2) is 0 Å². The number of benzene rings is 1. The molecule has 0 bridgehead atoms. The molecule has 1 aromatic rings. The van der Waals surface area contributed by atoms with Crippen molar-refractivity contribution in [3.05, 3.63) is 34.6 Å². The van der Waals surface area contributed by atoms with Crippen molar-refractivity contribution in [3.8, 4) is 0 Å². The van der Waals surface area contributed by atoms with Gasteiger partial charge in [0.25, 0.3) is 0 Å². The zero-order valence-corrected chi connectivity index (χ0v) is 12.5. The summed E-state index contributed by atoms with van der Waals surface area (Å²) in [7, 11) is 0. The van der Waals surface area contributed by atoms with Gasteiger partial charge in [-0.15, -0.1) is 0 Å². The molecule has 0 radical (unpaired) electrons. The fourth-order valence-electron chi connectivity index (χ4n) is 3.49. The molecule has 1 N–H and O–H groups in total. The van der Waals surface area contributed by atoms with Gasteiger partial charge in [0.1, 0.15) is 5.82 Å². The Balaban J connectivity index is 2.31. The number of aryl methyl sites for hydroxylation is 2. The quantitative estimate of drug-likeness (QED) is 0.821. The molecule has 2 atom stereocenters. The molecule has 19 heavy (non-hydrogen) atoms. The SMILES string of the molecule is Cc1cc(C(O)C2CCCCC2(C)C)cc(C)c1F. The number of hydrogen-bond donors (Lipinski definition) is 1. The monoisotopic (exact) mass is 264 g/mol. The minimum absolute atomic E-state index is 0.154. The molecule has 1 nitrogen and oxygen atoms in total. The van der Waals surface area contributed by atoms with Gasteiger partial charge >= 0.3 is 0 Å². The number of aliphatic hydroxyl groups is 1. The lowest BCUT2D eigenvalue weighted by atomic mass is 9.65. The molecule has 1 aliphatic carbocycles. The average Bonchev–Trinajstić information content (AvgIpc) is 2.34. The van der Waals surface area contributed by atoms with Crippen LogP contribution >= 0.6 is 0 Å². The second-order valence-electron chi connectivity index (χ2n) is 6.75. The van der Waals surface area contributed by atoms with Crippen LogP contribution in [0, 0.1) is 31.0 Å². The van der Waals surface area contributed by atoms with E-state index in [0.29, 0.717) is 11.1 Å². The molecular formula is C17H25FO. The van der Waals surface area contributed by atoms with Crippen molar-refractivity contribution in [1.82, 2.24) is 0 Å². The lowest BCUT2D eigenvalue weighted by Gasteiger charge is -2.41. The van der Waals surface area contributed by atoms with Crippen molar-refractivity contribution in [2.75, 3.05) is 0 Å². The maximum atomic E-state index is 13.7. The maximum absolute atomic E-state index is 13.7. The summed E-state index contributed by atoms with van der Waals surface area (Å²) < 4.78 is 13.7. The highest BCUT2D eigenvalue weighted by atomic mass is 19.1. The Kier molecular flexibility index (Phi) is 4.00. The van der Waals surface area contributed by atoms with Gasteiger partial charge in [-0.2, -0.15) is 0 Å². The van der Waals surface area contributed by atoms with Crippen LogP contribution in [0.2, 0.25) is 0 Å². The zero-order chi connectivity index (χ0) is 14.2. The van der Waals surface area contributed by atoms with Crippen molar-refractivity contribution >= 4 is 0 Å². The van der Waals surface area contributed by atoms with Gasteiger partial charge in [0, 0.05) is 0 Å². The predicted octanol–water partition coefficient (Wildman–Crippen LogP) is 4.69. The fraction of sp³-hybridized carbons (Fsp3) is 0.647. The molecule has 0 saturated heterocycles. The van der Waals surface area contributed by atoms with Crippen LogP contribution in [0.1, 0.15) is 62.3 Å². The Morgan fingerprint density at radius 1 is 1.21 bits per heavy atom. The number of rotatable bonds is 2. The number of hydrogen-bond acceptors (Lipinski definition) is 1. The zero-order valence-electron chi connectivity index (χ0n) is 12.5. The maximum Gasteiger partial charge on any atom is 0.129 e. The third-order valence-electron chi connectivity index (χ3n) is 4.77. The van der Waals surface area contributed by atoms with Crippen LogP contribution in [0.25, 0.3) is 0 Å². The van der Waals surface area contributed by atoms with Crippen LogP contribution in [0.15, 0.2) is 12.1 Å². The molecular weight excluding hydrogens is 239 g/mol. The summed E-state index contributed by atoms with van der Waals surface area (Å²) in [5.74, 6) is 0.115. The molecule has 2 rings (SSSR count). The summed E-state index contributed by atoms with van der Waals surface area (Å²) in [6.07, 6.45) is 4.17. The fourth-order valence-corrected chi connectivity index (χ4v) is 3.49. The van der Waals surface area contributed by atoms with Crippen LogP contribution in [-0.4, -0.2) is 5.11 Å². The van der Waals surface area contributed by atoms with Crippen LogP contribution in [0.4, 0.5) is 4.39 Å². The van der Waals surface area contributed by atoms with Gasteiger partial charge < -0.3 is 5.11 Å². The van der Waals surface area contributed by atoms with Gasteiger partial charge in [0.2, 0.25) is 0 Å². The van der Waals surface area contributed by atoms with Crippen molar-refractivity contribution in [2.24, 2.45) is 11.3 Å². The van der Waals surface area contributed by atoms with E-state index in [1.54, 1.807) is 26.0 Å². The van der Waals surface area contributed by atoms with E-state index in [1.807, 2.05) is 0 Å². The molecule has 0 amide bonds. The van der Waals surface area contributed by atoms with Gasteiger partial charge in [-0.25, -0.2) is 4.39 Å². The van der Waals surface area contributed by atoms with E-state index in [1.165, 1.54) is 12.8 Å². The van der Waals surface area contributed by atoms with Crippen molar-refractivity contribution in [2.45, 2.75) is 59.5 Å². The smallest absolute Gasteiger partial charge is 0.129 e. The Morgan fingerprint density at radius 3 is 2.32 bits per heavy atom. The van der Waals surface area contributed by atoms with E-state index in [9.17, 15) is 9.50 Å². The van der Waals surface area contributed by atoms with Gasteiger partial charge in [-0.1, -0.05) is 38.8 Å². The largest absolute Gasteiger partial charge is 0.388 e. The average molecular weight is 264 g/mol. The standard InChI is InChI=1S/C17H25FO/c1-11-9-13(10-12(2)15(11)18)16(19)14-7-5-6-8-17(14,3)4/h9-10,14,16,19H,5-8H2,1-4H3. The number of aliphatic hydroxyl groups excluding tert-OH is 1. The van der Waals surface area contributed by atoms with Crippen molar-refractivity contribution in [1.29, 1.82) is 0 Å².